The second-order valence-corrected chi connectivity index (χ2v) is 10.1. The molecule has 4 rings (SSSR count). The van der Waals surface area contributed by atoms with E-state index < -0.39 is 17.2 Å². The minimum Gasteiger partial charge on any atom is -0.485 e. The van der Waals surface area contributed by atoms with Gasteiger partial charge in [0.25, 0.3) is 0 Å². The van der Waals surface area contributed by atoms with Crippen molar-refractivity contribution in [2.45, 2.75) is 64.7 Å². The number of hydrogen-bond acceptors (Lipinski definition) is 4. The SMILES string of the molecule is C[C@H]1CC(c2cccc(F)c2OCc2ccc(F)c3cc(Cl)oc23)CCN1C(=O)OC(C)(C)C. The van der Waals surface area contributed by atoms with Gasteiger partial charge in [0.2, 0.25) is 0 Å². The summed E-state index contributed by atoms with van der Waals surface area (Å²) in [6.07, 6.45) is 0.956. The molecule has 1 aliphatic rings. The zero-order valence-electron chi connectivity index (χ0n) is 19.7. The van der Waals surface area contributed by atoms with Gasteiger partial charge >= 0.3 is 6.09 Å². The van der Waals surface area contributed by atoms with Gasteiger partial charge in [-0.05, 0) is 76.3 Å². The molecule has 1 aromatic heterocycles. The van der Waals surface area contributed by atoms with Crippen LogP contribution in [0.3, 0.4) is 0 Å². The molecular formula is C26H28ClF2NO4. The van der Waals surface area contributed by atoms with Crippen LogP contribution < -0.4 is 4.74 Å². The monoisotopic (exact) mass is 491 g/mol. The van der Waals surface area contributed by atoms with E-state index in [-0.39, 0.29) is 46.6 Å². The lowest BCUT2D eigenvalue weighted by Crippen LogP contribution is -2.46. The van der Waals surface area contributed by atoms with Crippen molar-refractivity contribution in [2.24, 2.45) is 0 Å². The summed E-state index contributed by atoms with van der Waals surface area (Å²) in [5.41, 5.74) is 1.01. The number of nitrogens with zero attached hydrogens (tertiary/aromatic N) is 1. The molecule has 0 spiro atoms. The van der Waals surface area contributed by atoms with E-state index in [1.54, 1.807) is 17.0 Å². The molecule has 1 fully saturated rings. The summed E-state index contributed by atoms with van der Waals surface area (Å²) >= 11 is 5.91. The molecule has 0 saturated carbocycles. The van der Waals surface area contributed by atoms with Crippen molar-refractivity contribution in [1.82, 2.24) is 4.90 Å². The quantitative estimate of drug-likeness (QED) is 0.380. The van der Waals surface area contributed by atoms with Crippen LogP contribution in [0.2, 0.25) is 5.22 Å². The zero-order valence-corrected chi connectivity index (χ0v) is 20.4. The van der Waals surface area contributed by atoms with E-state index in [1.807, 2.05) is 33.8 Å². The lowest BCUT2D eigenvalue weighted by molar-refractivity contribution is 0.0103. The van der Waals surface area contributed by atoms with Gasteiger partial charge in [0.05, 0.1) is 5.39 Å². The molecule has 1 saturated heterocycles. The van der Waals surface area contributed by atoms with Crippen molar-refractivity contribution in [1.29, 1.82) is 0 Å². The smallest absolute Gasteiger partial charge is 0.410 e. The molecule has 34 heavy (non-hydrogen) atoms. The van der Waals surface area contributed by atoms with Crippen LogP contribution in [0.1, 0.15) is 57.6 Å². The molecule has 182 valence electrons. The van der Waals surface area contributed by atoms with Gasteiger partial charge in [0.15, 0.2) is 16.8 Å². The number of hydrogen-bond donors (Lipinski definition) is 0. The number of ether oxygens (including phenoxy) is 2. The lowest BCUT2D eigenvalue weighted by Gasteiger charge is -2.38. The van der Waals surface area contributed by atoms with Crippen molar-refractivity contribution in [3.05, 3.63) is 64.4 Å². The Labute approximate surface area is 202 Å². The fourth-order valence-electron chi connectivity index (χ4n) is 4.43. The minimum absolute atomic E-state index is 0.00526. The number of fused-ring (bicyclic) bond motifs is 1. The predicted molar refractivity (Wildman–Crippen MR) is 126 cm³/mol. The van der Waals surface area contributed by atoms with Gasteiger partial charge < -0.3 is 18.8 Å². The highest BCUT2D eigenvalue weighted by atomic mass is 35.5. The predicted octanol–water partition coefficient (Wildman–Crippen LogP) is 7.45. The highest BCUT2D eigenvalue weighted by Crippen LogP contribution is 2.39. The van der Waals surface area contributed by atoms with E-state index >= 15 is 0 Å². The first kappa shape index (κ1) is 24.3. The standard InChI is InChI=1S/C26H28ClF2NO4/c1-15-12-16(10-11-30(15)25(31)34-26(2,3)4)18-6-5-7-21(29)24(18)32-14-17-8-9-20(28)19-13-22(27)33-23(17)19/h5-9,13,15-16H,10-12,14H2,1-4H3/t15-,16?/m0/s1. The number of halogens is 3. The number of likely N-dealkylation sites (tertiary alicyclic amines) is 1. The van der Waals surface area contributed by atoms with Gasteiger partial charge in [-0.25, -0.2) is 13.6 Å². The Kier molecular flexibility index (Phi) is 6.76. The first-order valence-corrected chi connectivity index (χ1v) is 11.7. The van der Waals surface area contributed by atoms with Crippen molar-refractivity contribution in [3.63, 3.8) is 0 Å². The Bertz CT molecular complexity index is 1200. The second-order valence-electron chi connectivity index (χ2n) is 9.69. The lowest BCUT2D eigenvalue weighted by atomic mass is 9.85. The molecule has 2 heterocycles. The summed E-state index contributed by atoms with van der Waals surface area (Å²) in [4.78, 5) is 14.3. The molecule has 2 aromatic carbocycles. The van der Waals surface area contributed by atoms with Crippen LogP contribution in [0.25, 0.3) is 11.0 Å². The molecule has 5 nitrogen and oxygen atoms in total. The number of benzene rings is 2. The third kappa shape index (κ3) is 5.14. The average Bonchev–Trinajstić information content (AvgIpc) is 3.15. The zero-order chi connectivity index (χ0) is 24.6. The summed E-state index contributed by atoms with van der Waals surface area (Å²) < 4.78 is 45.8. The summed E-state index contributed by atoms with van der Waals surface area (Å²) in [6.45, 7) is 7.96. The topological polar surface area (TPSA) is 51.9 Å². The first-order chi connectivity index (χ1) is 16.0. The highest BCUT2D eigenvalue weighted by Gasteiger charge is 2.34. The van der Waals surface area contributed by atoms with Crippen LogP contribution in [0, 0.1) is 11.6 Å². The first-order valence-electron chi connectivity index (χ1n) is 11.3. The summed E-state index contributed by atoms with van der Waals surface area (Å²) in [7, 11) is 0. The third-order valence-electron chi connectivity index (χ3n) is 6.00. The summed E-state index contributed by atoms with van der Waals surface area (Å²) in [5, 5.41) is 0.321. The number of para-hydroxylation sites is 1. The summed E-state index contributed by atoms with van der Waals surface area (Å²) in [6, 6.07) is 9.04. The maximum absolute atomic E-state index is 14.9. The van der Waals surface area contributed by atoms with Crippen molar-refractivity contribution in [2.75, 3.05) is 6.54 Å². The highest BCUT2D eigenvalue weighted by molar-refractivity contribution is 6.29. The second kappa shape index (κ2) is 9.45. The molecule has 0 bridgehead atoms. The number of carbonyl (C=O) groups is 1. The normalized spacial score (nSPS) is 18.9. The Morgan fingerprint density at radius 1 is 1.21 bits per heavy atom. The fourth-order valence-corrected chi connectivity index (χ4v) is 4.61. The van der Waals surface area contributed by atoms with Crippen LogP contribution in [0.4, 0.5) is 13.6 Å². The number of amides is 1. The third-order valence-corrected chi connectivity index (χ3v) is 6.18. The molecule has 3 aromatic rings. The fraction of sp³-hybridized carbons (Fsp3) is 0.423. The van der Waals surface area contributed by atoms with E-state index in [1.165, 1.54) is 18.2 Å². The number of rotatable bonds is 4. The Hall–Kier alpha value is -2.80. The molecule has 2 atom stereocenters. The molecule has 0 radical (unpaired) electrons. The van der Waals surface area contributed by atoms with Crippen LogP contribution >= 0.6 is 11.6 Å². The van der Waals surface area contributed by atoms with Crippen LogP contribution in [0.5, 0.6) is 5.75 Å². The molecule has 0 N–H and O–H groups in total. The Morgan fingerprint density at radius 2 is 1.97 bits per heavy atom. The van der Waals surface area contributed by atoms with Crippen LogP contribution in [0.15, 0.2) is 40.8 Å². The molecule has 8 heteroatoms. The van der Waals surface area contributed by atoms with Crippen LogP contribution in [-0.4, -0.2) is 29.2 Å². The minimum atomic E-state index is -0.568. The largest absolute Gasteiger partial charge is 0.485 e. The maximum Gasteiger partial charge on any atom is 0.410 e. The Balaban J connectivity index is 1.52. The number of carbonyl (C=O) groups excluding carboxylic acids is 1. The van der Waals surface area contributed by atoms with Gasteiger partial charge in [0, 0.05) is 29.8 Å². The van der Waals surface area contributed by atoms with Gasteiger partial charge in [-0.15, -0.1) is 0 Å². The molecule has 1 amide bonds. The van der Waals surface area contributed by atoms with E-state index in [0.29, 0.717) is 24.9 Å². The Morgan fingerprint density at radius 3 is 2.68 bits per heavy atom. The maximum atomic E-state index is 14.9. The van der Waals surface area contributed by atoms with E-state index in [4.69, 9.17) is 25.5 Å². The number of piperidine rings is 1. The van der Waals surface area contributed by atoms with Crippen LogP contribution in [-0.2, 0) is 11.3 Å². The summed E-state index contributed by atoms with van der Waals surface area (Å²) in [5.74, 6) is -0.770. The van der Waals surface area contributed by atoms with Crippen molar-refractivity contribution >= 4 is 28.7 Å². The van der Waals surface area contributed by atoms with E-state index in [2.05, 4.69) is 0 Å². The molecule has 1 aliphatic heterocycles. The van der Waals surface area contributed by atoms with Crippen molar-refractivity contribution in [3.8, 4) is 5.75 Å². The number of furan rings is 1. The van der Waals surface area contributed by atoms with Gasteiger partial charge in [-0.2, -0.15) is 0 Å². The van der Waals surface area contributed by atoms with E-state index in [0.717, 1.165) is 5.56 Å². The molecule has 1 unspecified atom stereocenters. The van der Waals surface area contributed by atoms with Gasteiger partial charge in [0.1, 0.15) is 23.6 Å². The van der Waals surface area contributed by atoms with Crippen molar-refractivity contribution < 1.29 is 27.5 Å². The molecular weight excluding hydrogens is 464 g/mol. The van der Waals surface area contributed by atoms with E-state index in [9.17, 15) is 13.6 Å². The van der Waals surface area contributed by atoms with Gasteiger partial charge in [-0.3, -0.25) is 0 Å². The van der Waals surface area contributed by atoms with Gasteiger partial charge in [-0.1, -0.05) is 12.1 Å². The molecule has 0 aliphatic carbocycles. The average molecular weight is 492 g/mol.